The second kappa shape index (κ2) is 6.33. The van der Waals surface area contributed by atoms with Gasteiger partial charge in [0, 0.05) is 44.6 Å². The van der Waals surface area contributed by atoms with Gasteiger partial charge in [0.2, 0.25) is 0 Å². The van der Waals surface area contributed by atoms with Crippen LogP contribution in [-0.2, 0) is 6.54 Å². The molecular weight excluding hydrogens is 265 g/mol. The van der Waals surface area contributed by atoms with Gasteiger partial charge in [0.1, 0.15) is 5.82 Å². The Morgan fingerprint density at radius 3 is 3.10 bits per heavy atom. The van der Waals surface area contributed by atoms with Gasteiger partial charge in [-0.05, 0) is 41.8 Å². The lowest BCUT2D eigenvalue weighted by molar-refractivity contribution is 0.153. The standard InChI is InChI=1S/C17H20FN3/c1-13-4-5-16(18)9-15(13)12-21-8-7-20-11-17(21)14-3-2-6-19-10-14/h2-6,9-10,17,20H,7-8,11-12H2,1H3. The lowest BCUT2D eigenvalue weighted by Crippen LogP contribution is -2.45. The second-order valence-corrected chi connectivity index (χ2v) is 5.55. The van der Waals surface area contributed by atoms with E-state index in [1.54, 1.807) is 12.3 Å². The van der Waals surface area contributed by atoms with E-state index in [4.69, 9.17) is 0 Å². The van der Waals surface area contributed by atoms with E-state index in [9.17, 15) is 4.39 Å². The number of aromatic nitrogens is 1. The third-order valence-corrected chi connectivity index (χ3v) is 4.11. The molecule has 21 heavy (non-hydrogen) atoms. The van der Waals surface area contributed by atoms with Crippen LogP contribution >= 0.6 is 0 Å². The Morgan fingerprint density at radius 2 is 2.29 bits per heavy atom. The number of nitrogens with one attached hydrogen (secondary N) is 1. The second-order valence-electron chi connectivity index (χ2n) is 5.55. The molecule has 1 unspecified atom stereocenters. The van der Waals surface area contributed by atoms with Gasteiger partial charge in [-0.25, -0.2) is 4.39 Å². The Bertz CT molecular complexity index is 600. The molecule has 2 aromatic rings. The van der Waals surface area contributed by atoms with Crippen molar-refractivity contribution < 1.29 is 4.39 Å². The van der Waals surface area contributed by atoms with Crippen molar-refractivity contribution in [3.63, 3.8) is 0 Å². The molecule has 1 fully saturated rings. The van der Waals surface area contributed by atoms with Gasteiger partial charge in [-0.3, -0.25) is 9.88 Å². The van der Waals surface area contributed by atoms with Crippen molar-refractivity contribution in [3.8, 4) is 0 Å². The van der Waals surface area contributed by atoms with Crippen molar-refractivity contribution in [2.24, 2.45) is 0 Å². The van der Waals surface area contributed by atoms with E-state index in [1.807, 2.05) is 25.3 Å². The lowest BCUT2D eigenvalue weighted by atomic mass is 10.0. The Morgan fingerprint density at radius 1 is 1.38 bits per heavy atom. The lowest BCUT2D eigenvalue weighted by Gasteiger charge is -2.36. The summed E-state index contributed by atoms with van der Waals surface area (Å²) in [6.45, 7) is 5.63. The highest BCUT2D eigenvalue weighted by Gasteiger charge is 2.24. The summed E-state index contributed by atoms with van der Waals surface area (Å²) in [5, 5.41) is 3.43. The number of rotatable bonds is 3. The van der Waals surface area contributed by atoms with E-state index in [0.29, 0.717) is 0 Å². The van der Waals surface area contributed by atoms with Crippen LogP contribution in [-0.4, -0.2) is 29.5 Å². The van der Waals surface area contributed by atoms with Gasteiger partial charge in [-0.1, -0.05) is 12.1 Å². The molecule has 1 aromatic carbocycles. The molecule has 2 heterocycles. The van der Waals surface area contributed by atoms with Crippen molar-refractivity contribution in [2.75, 3.05) is 19.6 Å². The van der Waals surface area contributed by atoms with Gasteiger partial charge in [0.15, 0.2) is 0 Å². The zero-order chi connectivity index (χ0) is 14.7. The van der Waals surface area contributed by atoms with Crippen LogP contribution in [0.2, 0.25) is 0 Å². The van der Waals surface area contributed by atoms with Crippen LogP contribution in [0.4, 0.5) is 4.39 Å². The highest BCUT2D eigenvalue weighted by molar-refractivity contribution is 5.27. The highest BCUT2D eigenvalue weighted by Crippen LogP contribution is 2.24. The molecule has 0 amide bonds. The molecule has 0 saturated carbocycles. The molecule has 3 rings (SSSR count). The molecule has 0 bridgehead atoms. The van der Waals surface area contributed by atoms with Gasteiger partial charge in [-0.2, -0.15) is 0 Å². The first kappa shape index (κ1) is 14.2. The van der Waals surface area contributed by atoms with Crippen molar-refractivity contribution in [1.29, 1.82) is 0 Å². The smallest absolute Gasteiger partial charge is 0.123 e. The Labute approximate surface area is 124 Å². The molecule has 1 atom stereocenters. The normalized spacial score (nSPS) is 19.6. The fraction of sp³-hybridized carbons (Fsp3) is 0.353. The summed E-state index contributed by atoms with van der Waals surface area (Å²) in [5.74, 6) is -0.163. The molecule has 1 N–H and O–H groups in total. The first-order chi connectivity index (χ1) is 10.2. The third kappa shape index (κ3) is 3.28. The van der Waals surface area contributed by atoms with Crippen molar-refractivity contribution in [1.82, 2.24) is 15.2 Å². The molecule has 0 radical (unpaired) electrons. The minimum Gasteiger partial charge on any atom is -0.314 e. The molecule has 1 aromatic heterocycles. The average molecular weight is 285 g/mol. The van der Waals surface area contributed by atoms with Crippen LogP contribution in [0, 0.1) is 12.7 Å². The van der Waals surface area contributed by atoms with Crippen LogP contribution in [0.15, 0.2) is 42.7 Å². The molecular formula is C17H20FN3. The summed E-state index contributed by atoms with van der Waals surface area (Å²) in [7, 11) is 0. The van der Waals surface area contributed by atoms with Crippen molar-refractivity contribution >= 4 is 0 Å². The summed E-state index contributed by atoms with van der Waals surface area (Å²) in [6.07, 6.45) is 3.71. The summed E-state index contributed by atoms with van der Waals surface area (Å²) in [4.78, 5) is 6.62. The molecule has 1 aliphatic heterocycles. The van der Waals surface area contributed by atoms with Gasteiger partial charge in [-0.15, -0.1) is 0 Å². The zero-order valence-electron chi connectivity index (χ0n) is 12.2. The van der Waals surface area contributed by atoms with Crippen LogP contribution in [0.3, 0.4) is 0 Å². The van der Waals surface area contributed by atoms with Crippen LogP contribution in [0.25, 0.3) is 0 Å². The zero-order valence-corrected chi connectivity index (χ0v) is 12.2. The van der Waals surface area contributed by atoms with Gasteiger partial charge < -0.3 is 5.32 Å². The summed E-state index contributed by atoms with van der Waals surface area (Å²) >= 11 is 0. The average Bonchev–Trinajstić information content (AvgIpc) is 2.52. The minimum absolute atomic E-state index is 0.163. The summed E-state index contributed by atoms with van der Waals surface area (Å²) in [6, 6.07) is 9.39. The summed E-state index contributed by atoms with van der Waals surface area (Å²) in [5.41, 5.74) is 3.41. The predicted molar refractivity (Wildman–Crippen MR) is 81.4 cm³/mol. The maximum Gasteiger partial charge on any atom is 0.123 e. The van der Waals surface area contributed by atoms with E-state index in [2.05, 4.69) is 21.3 Å². The van der Waals surface area contributed by atoms with E-state index in [-0.39, 0.29) is 11.9 Å². The molecule has 3 nitrogen and oxygen atoms in total. The van der Waals surface area contributed by atoms with Gasteiger partial charge in [0.05, 0.1) is 0 Å². The monoisotopic (exact) mass is 285 g/mol. The summed E-state index contributed by atoms with van der Waals surface area (Å²) < 4.78 is 13.5. The maximum atomic E-state index is 13.5. The maximum absolute atomic E-state index is 13.5. The minimum atomic E-state index is -0.163. The first-order valence-electron chi connectivity index (χ1n) is 7.34. The van der Waals surface area contributed by atoms with E-state index in [1.165, 1.54) is 11.6 Å². The number of pyridine rings is 1. The number of hydrogen-bond donors (Lipinski definition) is 1. The first-order valence-corrected chi connectivity index (χ1v) is 7.34. The predicted octanol–water partition coefficient (Wildman–Crippen LogP) is 2.68. The van der Waals surface area contributed by atoms with E-state index >= 15 is 0 Å². The Kier molecular flexibility index (Phi) is 4.27. The van der Waals surface area contributed by atoms with Crippen LogP contribution < -0.4 is 5.32 Å². The molecule has 0 spiro atoms. The van der Waals surface area contributed by atoms with Crippen molar-refractivity contribution in [3.05, 3.63) is 65.2 Å². The fourth-order valence-corrected chi connectivity index (χ4v) is 2.87. The van der Waals surface area contributed by atoms with Crippen molar-refractivity contribution in [2.45, 2.75) is 19.5 Å². The van der Waals surface area contributed by atoms with E-state index in [0.717, 1.165) is 37.3 Å². The number of nitrogens with zero attached hydrogens (tertiary/aromatic N) is 2. The topological polar surface area (TPSA) is 28.2 Å². The number of hydrogen-bond acceptors (Lipinski definition) is 3. The molecule has 0 aliphatic carbocycles. The molecule has 1 saturated heterocycles. The SMILES string of the molecule is Cc1ccc(F)cc1CN1CCNCC1c1cccnc1. The largest absolute Gasteiger partial charge is 0.314 e. The molecule has 110 valence electrons. The number of piperazine rings is 1. The van der Waals surface area contributed by atoms with Gasteiger partial charge >= 0.3 is 0 Å². The Hall–Kier alpha value is -1.78. The Balaban J connectivity index is 1.83. The fourth-order valence-electron chi connectivity index (χ4n) is 2.87. The molecule has 4 heteroatoms. The number of halogens is 1. The van der Waals surface area contributed by atoms with Gasteiger partial charge in [0.25, 0.3) is 0 Å². The van der Waals surface area contributed by atoms with Crippen LogP contribution in [0.1, 0.15) is 22.7 Å². The quantitative estimate of drug-likeness (QED) is 0.940. The van der Waals surface area contributed by atoms with E-state index < -0.39 is 0 Å². The molecule has 1 aliphatic rings. The number of benzene rings is 1. The van der Waals surface area contributed by atoms with Crippen LogP contribution in [0.5, 0.6) is 0 Å². The number of aryl methyl sites for hydroxylation is 1. The third-order valence-electron chi connectivity index (χ3n) is 4.11. The highest BCUT2D eigenvalue weighted by atomic mass is 19.1.